The summed E-state index contributed by atoms with van der Waals surface area (Å²) in [4.78, 5) is 13.1. The van der Waals surface area contributed by atoms with Crippen LogP contribution < -0.4 is 14.2 Å². The monoisotopic (exact) mass is 534 g/mol. The van der Waals surface area contributed by atoms with Gasteiger partial charge in [-0.1, -0.05) is 11.8 Å². The van der Waals surface area contributed by atoms with Crippen LogP contribution in [0.2, 0.25) is 0 Å². The number of phenolic OH excluding ortho intramolecular Hbond substituents is 6. The molecule has 3 aromatic rings. The molecule has 3 aromatic carbocycles. The molecule has 0 amide bonds. The third kappa shape index (κ3) is 5.43. The summed E-state index contributed by atoms with van der Waals surface area (Å²) in [7, 11) is 0. The third-order valence-electron chi connectivity index (χ3n) is 5.71. The molecule has 2 unspecified atom stereocenters. The molecule has 1 aliphatic rings. The Balaban J connectivity index is 1.70. The minimum Gasteiger partial charge on any atom is -0.508 e. The molecule has 11 nitrogen and oxygen atoms in total. The highest BCUT2D eigenvalue weighted by Crippen LogP contribution is 2.46. The largest absolute Gasteiger partial charge is 0.508 e. The van der Waals surface area contributed by atoms with Crippen LogP contribution >= 0.6 is 0 Å². The lowest BCUT2D eigenvalue weighted by Crippen LogP contribution is -2.34. The Morgan fingerprint density at radius 2 is 1.36 bits per heavy atom. The van der Waals surface area contributed by atoms with E-state index < -0.39 is 41.2 Å². The zero-order chi connectivity index (χ0) is 28.3. The van der Waals surface area contributed by atoms with Crippen molar-refractivity contribution in [1.29, 1.82) is 0 Å². The first kappa shape index (κ1) is 26.5. The number of hydrogen-bond donors (Lipinski definition) is 6. The number of terminal acetylenes is 2. The highest BCUT2D eigenvalue weighted by Gasteiger charge is 2.37. The lowest BCUT2D eigenvalue weighted by atomic mass is 9.93. The van der Waals surface area contributed by atoms with Gasteiger partial charge in [-0.3, -0.25) is 0 Å². The summed E-state index contributed by atoms with van der Waals surface area (Å²) in [5, 5.41) is 61.5. The van der Waals surface area contributed by atoms with Gasteiger partial charge in [-0.2, -0.15) is 0 Å². The van der Waals surface area contributed by atoms with Crippen LogP contribution in [0, 0.1) is 24.7 Å². The van der Waals surface area contributed by atoms with Crippen LogP contribution in [0.25, 0.3) is 0 Å². The van der Waals surface area contributed by atoms with Crippen molar-refractivity contribution in [3.8, 4) is 76.4 Å². The molecule has 1 aliphatic heterocycles. The summed E-state index contributed by atoms with van der Waals surface area (Å²) >= 11 is 0. The molecule has 4 rings (SSSR count). The Kier molecular flexibility index (Phi) is 7.36. The topological polar surface area (TPSA) is 175 Å². The first-order chi connectivity index (χ1) is 18.6. The first-order valence-electron chi connectivity index (χ1n) is 11.3. The van der Waals surface area contributed by atoms with Crippen molar-refractivity contribution < 1.29 is 54.4 Å². The highest BCUT2D eigenvalue weighted by molar-refractivity contribution is 5.91. The Morgan fingerprint density at radius 1 is 0.821 bits per heavy atom. The molecule has 0 bridgehead atoms. The van der Waals surface area contributed by atoms with Crippen molar-refractivity contribution in [1.82, 2.24) is 0 Å². The molecule has 0 aromatic heterocycles. The van der Waals surface area contributed by atoms with Crippen LogP contribution in [0.1, 0.15) is 27.6 Å². The fourth-order valence-electron chi connectivity index (χ4n) is 4.06. The summed E-state index contributed by atoms with van der Waals surface area (Å²) in [5.74, 6) is 0.188. The lowest BCUT2D eigenvalue weighted by molar-refractivity contribution is -0.0189. The van der Waals surface area contributed by atoms with E-state index in [2.05, 4.69) is 11.8 Å². The quantitative estimate of drug-likeness (QED) is 0.194. The molecule has 0 spiro atoms. The van der Waals surface area contributed by atoms with E-state index in [-0.39, 0.29) is 65.1 Å². The molecule has 0 fully saturated rings. The number of rotatable bonds is 7. The SMILES string of the molecule is C#CCOc1c(O)cc(C(=O)OC2Cc3c(O)cc(O)cc3OC2c2cc(O)c(OCC#C)c(O)c2)cc1O. The minimum atomic E-state index is -1.17. The van der Waals surface area contributed by atoms with Gasteiger partial charge in [0.05, 0.1) is 5.56 Å². The van der Waals surface area contributed by atoms with E-state index in [0.717, 1.165) is 18.2 Å². The maximum Gasteiger partial charge on any atom is 0.338 e. The van der Waals surface area contributed by atoms with E-state index in [1.165, 1.54) is 18.2 Å². The maximum atomic E-state index is 13.1. The predicted octanol–water partition coefficient (Wildman–Crippen LogP) is 2.85. The molecule has 11 heteroatoms. The number of esters is 1. The number of phenols is 6. The van der Waals surface area contributed by atoms with Crippen LogP contribution in [-0.2, 0) is 11.2 Å². The third-order valence-corrected chi connectivity index (χ3v) is 5.71. The number of carbonyl (C=O) groups is 1. The van der Waals surface area contributed by atoms with Crippen molar-refractivity contribution in [3.05, 3.63) is 53.1 Å². The number of ether oxygens (including phenoxy) is 4. The fraction of sp³-hybridized carbons (Fsp3) is 0.179. The summed E-state index contributed by atoms with van der Waals surface area (Å²) in [6, 6.07) is 6.76. The van der Waals surface area contributed by atoms with Crippen LogP contribution in [0.4, 0.5) is 0 Å². The second-order valence-corrected chi connectivity index (χ2v) is 8.35. The Bertz CT molecular complexity index is 1470. The molecule has 200 valence electrons. The smallest absolute Gasteiger partial charge is 0.338 e. The Morgan fingerprint density at radius 3 is 1.90 bits per heavy atom. The van der Waals surface area contributed by atoms with Gasteiger partial charge in [0, 0.05) is 29.7 Å². The maximum absolute atomic E-state index is 13.1. The van der Waals surface area contributed by atoms with Crippen LogP contribution in [-0.4, -0.2) is 55.9 Å². The second-order valence-electron chi connectivity index (χ2n) is 8.35. The molecule has 1 heterocycles. The molecule has 39 heavy (non-hydrogen) atoms. The zero-order valence-corrected chi connectivity index (χ0v) is 20.1. The van der Waals surface area contributed by atoms with Gasteiger partial charge in [-0.05, 0) is 24.3 Å². The van der Waals surface area contributed by atoms with E-state index >= 15 is 0 Å². The molecular weight excluding hydrogens is 512 g/mol. The van der Waals surface area contributed by atoms with Crippen molar-refractivity contribution in [2.75, 3.05) is 13.2 Å². The van der Waals surface area contributed by atoms with Gasteiger partial charge in [0.15, 0.2) is 29.1 Å². The van der Waals surface area contributed by atoms with E-state index in [1.54, 1.807) is 0 Å². The molecular formula is C28H22O11. The molecule has 6 N–H and O–H groups in total. The van der Waals surface area contributed by atoms with Gasteiger partial charge in [-0.15, -0.1) is 12.8 Å². The Labute approximate surface area is 222 Å². The van der Waals surface area contributed by atoms with E-state index in [1.807, 2.05) is 0 Å². The summed E-state index contributed by atoms with van der Waals surface area (Å²) in [5.41, 5.74) is 0.113. The number of benzene rings is 3. The average molecular weight is 534 g/mol. The van der Waals surface area contributed by atoms with Gasteiger partial charge in [-0.25, -0.2) is 4.79 Å². The van der Waals surface area contributed by atoms with Gasteiger partial charge in [0.25, 0.3) is 0 Å². The number of fused-ring (bicyclic) bond motifs is 1. The molecule has 2 atom stereocenters. The lowest BCUT2D eigenvalue weighted by Gasteiger charge is -2.34. The van der Waals surface area contributed by atoms with Gasteiger partial charge in [0.2, 0.25) is 11.5 Å². The summed E-state index contributed by atoms with van der Waals surface area (Å²) in [6.07, 6.45) is 7.83. The first-order valence-corrected chi connectivity index (χ1v) is 11.3. The zero-order valence-electron chi connectivity index (χ0n) is 20.1. The fourth-order valence-corrected chi connectivity index (χ4v) is 4.06. The van der Waals surface area contributed by atoms with Crippen LogP contribution in [0.15, 0.2) is 36.4 Å². The molecule has 0 aliphatic carbocycles. The second kappa shape index (κ2) is 10.8. The molecule has 0 radical (unpaired) electrons. The predicted molar refractivity (Wildman–Crippen MR) is 134 cm³/mol. The van der Waals surface area contributed by atoms with Gasteiger partial charge >= 0.3 is 5.97 Å². The standard InChI is InChI=1S/C28H22O11/c1-3-5-36-26-19(31)7-14(8-20(26)32)25-24(13-17-18(30)11-16(29)12-23(17)38-25)39-28(35)15-9-21(33)27(22(34)10-15)37-6-4-2/h1-2,7-12,24-25,29-34H,5-6,13H2. The van der Waals surface area contributed by atoms with E-state index in [4.69, 9.17) is 31.8 Å². The number of aromatic hydroxyl groups is 6. The van der Waals surface area contributed by atoms with E-state index in [9.17, 15) is 35.4 Å². The highest BCUT2D eigenvalue weighted by atomic mass is 16.6. The molecule has 0 saturated carbocycles. The van der Waals surface area contributed by atoms with Gasteiger partial charge in [0.1, 0.15) is 36.6 Å². The van der Waals surface area contributed by atoms with Crippen molar-refractivity contribution >= 4 is 5.97 Å². The van der Waals surface area contributed by atoms with E-state index in [0.29, 0.717) is 0 Å². The number of hydrogen-bond acceptors (Lipinski definition) is 11. The van der Waals surface area contributed by atoms with Crippen LogP contribution in [0.3, 0.4) is 0 Å². The normalized spacial score (nSPS) is 15.6. The van der Waals surface area contributed by atoms with Gasteiger partial charge < -0.3 is 49.6 Å². The summed E-state index contributed by atoms with van der Waals surface area (Å²) < 4.78 is 21.8. The number of carbonyl (C=O) groups excluding carboxylic acids is 1. The van der Waals surface area contributed by atoms with Crippen LogP contribution in [0.5, 0.6) is 51.7 Å². The Hall–Kier alpha value is -5.55. The minimum absolute atomic E-state index is 0.0711. The summed E-state index contributed by atoms with van der Waals surface area (Å²) in [6.45, 7) is -0.463. The average Bonchev–Trinajstić information content (AvgIpc) is 2.87. The molecule has 0 saturated heterocycles. The van der Waals surface area contributed by atoms with Crippen molar-refractivity contribution in [3.63, 3.8) is 0 Å². The van der Waals surface area contributed by atoms with Crippen molar-refractivity contribution in [2.45, 2.75) is 18.6 Å². The van der Waals surface area contributed by atoms with Crippen molar-refractivity contribution in [2.24, 2.45) is 0 Å².